The molecular formula is C10H22O3. The van der Waals surface area contributed by atoms with E-state index in [-0.39, 0.29) is 0 Å². The fourth-order valence-electron chi connectivity index (χ4n) is 1.19. The van der Waals surface area contributed by atoms with Crippen molar-refractivity contribution in [2.45, 2.75) is 47.5 Å². The summed E-state index contributed by atoms with van der Waals surface area (Å²) in [6.07, 6.45) is 0.834. The first kappa shape index (κ1) is 14.8. The maximum absolute atomic E-state index is 8.56. The molecule has 2 N–H and O–H groups in total. The first-order chi connectivity index (χ1) is 5.69. The minimum Gasteiger partial charge on any atom is -0.450 e. The lowest BCUT2D eigenvalue weighted by Gasteiger charge is -2.21. The normalized spacial score (nSPS) is 12.7. The van der Waals surface area contributed by atoms with Crippen LogP contribution in [0.3, 0.4) is 0 Å². The molecule has 0 heterocycles. The molecule has 0 rings (SSSR count). The molecule has 13 heavy (non-hydrogen) atoms. The van der Waals surface area contributed by atoms with Crippen LogP contribution in [-0.2, 0) is 0 Å². The molecule has 0 aromatic heterocycles. The largest absolute Gasteiger partial charge is 0.503 e. The molecule has 0 aromatic carbocycles. The Hall–Kier alpha value is -0.730. The molecule has 0 bridgehead atoms. The summed E-state index contributed by atoms with van der Waals surface area (Å²) in [6, 6.07) is 0. The third kappa shape index (κ3) is 24.6. The van der Waals surface area contributed by atoms with E-state index in [1.807, 2.05) is 0 Å². The molecule has 3 heteroatoms. The van der Waals surface area contributed by atoms with Crippen molar-refractivity contribution in [3.8, 4) is 0 Å². The van der Waals surface area contributed by atoms with Crippen LogP contribution in [0.2, 0.25) is 0 Å². The zero-order chi connectivity index (χ0) is 11.1. The van der Waals surface area contributed by atoms with E-state index in [9.17, 15) is 0 Å². The Balaban J connectivity index is 0. The predicted octanol–water partition coefficient (Wildman–Crippen LogP) is 3.69. The summed E-state index contributed by atoms with van der Waals surface area (Å²) < 4.78 is 0. The summed E-state index contributed by atoms with van der Waals surface area (Å²) in [5, 5.41) is 13.9. The van der Waals surface area contributed by atoms with Crippen molar-refractivity contribution in [1.82, 2.24) is 0 Å². The molecule has 1 unspecified atom stereocenters. The van der Waals surface area contributed by atoms with E-state index < -0.39 is 6.16 Å². The molecule has 0 spiro atoms. The van der Waals surface area contributed by atoms with Crippen molar-refractivity contribution >= 4 is 6.16 Å². The van der Waals surface area contributed by atoms with Gasteiger partial charge in [-0.25, -0.2) is 4.79 Å². The van der Waals surface area contributed by atoms with E-state index in [0.717, 1.165) is 5.92 Å². The Morgan fingerprint density at radius 2 is 1.62 bits per heavy atom. The number of hydrogen-bond donors (Lipinski definition) is 2. The van der Waals surface area contributed by atoms with Crippen LogP contribution in [-0.4, -0.2) is 16.4 Å². The maximum atomic E-state index is 8.56. The minimum atomic E-state index is -1.83. The first-order valence-electron chi connectivity index (χ1n) is 4.61. The Morgan fingerprint density at radius 3 is 1.69 bits per heavy atom. The zero-order valence-corrected chi connectivity index (χ0v) is 9.29. The highest BCUT2D eigenvalue weighted by atomic mass is 16.6. The van der Waals surface area contributed by atoms with Crippen LogP contribution < -0.4 is 0 Å². The number of carboxylic acid groups (broad SMARTS) is 2. The van der Waals surface area contributed by atoms with Gasteiger partial charge in [-0.3, -0.25) is 0 Å². The van der Waals surface area contributed by atoms with Crippen LogP contribution in [0.5, 0.6) is 0 Å². The summed E-state index contributed by atoms with van der Waals surface area (Å²) in [5.41, 5.74) is 0.523. The van der Waals surface area contributed by atoms with E-state index in [4.69, 9.17) is 15.0 Å². The molecule has 0 saturated carbocycles. The summed E-state index contributed by atoms with van der Waals surface area (Å²) in [7, 11) is 0. The fourth-order valence-corrected chi connectivity index (χ4v) is 1.19. The number of rotatable bonds is 2. The van der Waals surface area contributed by atoms with Gasteiger partial charge in [0.25, 0.3) is 0 Å². The summed E-state index contributed by atoms with van der Waals surface area (Å²) >= 11 is 0. The van der Waals surface area contributed by atoms with Gasteiger partial charge in [-0.15, -0.1) is 0 Å². The fraction of sp³-hybridized carbons (Fsp3) is 0.900. The van der Waals surface area contributed by atoms with Gasteiger partial charge in [0.15, 0.2) is 0 Å². The van der Waals surface area contributed by atoms with Gasteiger partial charge < -0.3 is 10.2 Å². The Kier molecular flexibility index (Phi) is 7.67. The Morgan fingerprint density at radius 1 is 1.31 bits per heavy atom. The van der Waals surface area contributed by atoms with E-state index in [2.05, 4.69) is 34.6 Å². The molecule has 0 amide bonds. The second kappa shape index (κ2) is 6.75. The minimum absolute atomic E-state index is 0.523. The molecular weight excluding hydrogens is 168 g/mol. The van der Waals surface area contributed by atoms with Crippen LogP contribution in [0.15, 0.2) is 0 Å². The summed E-state index contributed by atoms with van der Waals surface area (Å²) in [4.78, 5) is 8.56. The van der Waals surface area contributed by atoms with Crippen LogP contribution in [0.1, 0.15) is 47.5 Å². The lowest BCUT2D eigenvalue weighted by molar-refractivity contribution is 0.137. The highest BCUT2D eigenvalue weighted by Gasteiger charge is 2.13. The van der Waals surface area contributed by atoms with E-state index in [1.54, 1.807) is 0 Å². The second-order valence-corrected chi connectivity index (χ2v) is 4.56. The monoisotopic (exact) mass is 190 g/mol. The predicted molar refractivity (Wildman–Crippen MR) is 54.2 cm³/mol. The molecule has 1 atom stereocenters. The lowest BCUT2D eigenvalue weighted by Crippen LogP contribution is -2.09. The average molecular weight is 190 g/mol. The zero-order valence-electron chi connectivity index (χ0n) is 9.29. The van der Waals surface area contributed by atoms with Gasteiger partial charge >= 0.3 is 6.16 Å². The van der Waals surface area contributed by atoms with Crippen LogP contribution >= 0.6 is 0 Å². The van der Waals surface area contributed by atoms with Crippen molar-refractivity contribution < 1.29 is 15.0 Å². The molecule has 0 aliphatic rings. The smallest absolute Gasteiger partial charge is 0.450 e. The molecule has 80 valence electrons. The molecule has 0 fully saturated rings. The molecule has 0 aliphatic heterocycles. The quantitative estimate of drug-likeness (QED) is 0.698. The SMILES string of the molecule is CCC(C)CC(C)(C)C.O=C(O)O. The van der Waals surface area contributed by atoms with Crippen molar-refractivity contribution in [2.24, 2.45) is 11.3 Å². The second-order valence-electron chi connectivity index (χ2n) is 4.56. The topological polar surface area (TPSA) is 57.5 Å². The summed E-state index contributed by atoms with van der Waals surface area (Å²) in [6.45, 7) is 11.5. The Bertz CT molecular complexity index is 132. The molecule has 0 saturated heterocycles. The summed E-state index contributed by atoms with van der Waals surface area (Å²) in [5.74, 6) is 0.894. The average Bonchev–Trinajstić information content (AvgIpc) is 1.82. The standard InChI is InChI=1S/C9H20.CH2O3/c1-6-8(2)7-9(3,4)5;2-1(3)4/h8H,6-7H2,1-5H3;(H2,2,3,4). The van der Waals surface area contributed by atoms with Crippen molar-refractivity contribution in [3.63, 3.8) is 0 Å². The van der Waals surface area contributed by atoms with Gasteiger partial charge in [-0.2, -0.15) is 0 Å². The van der Waals surface area contributed by atoms with Crippen LogP contribution in [0, 0.1) is 11.3 Å². The number of hydrogen-bond acceptors (Lipinski definition) is 1. The highest BCUT2D eigenvalue weighted by Crippen LogP contribution is 2.25. The van der Waals surface area contributed by atoms with Gasteiger partial charge in [-0.1, -0.05) is 41.0 Å². The maximum Gasteiger partial charge on any atom is 0.503 e. The van der Waals surface area contributed by atoms with Crippen LogP contribution in [0.4, 0.5) is 4.79 Å². The molecule has 0 aliphatic carbocycles. The third-order valence-corrected chi connectivity index (χ3v) is 1.66. The van der Waals surface area contributed by atoms with Crippen molar-refractivity contribution in [2.75, 3.05) is 0 Å². The highest BCUT2D eigenvalue weighted by molar-refractivity contribution is 5.53. The molecule has 0 radical (unpaired) electrons. The van der Waals surface area contributed by atoms with E-state index in [0.29, 0.717) is 5.41 Å². The molecule has 0 aromatic rings. The van der Waals surface area contributed by atoms with Gasteiger partial charge in [0.1, 0.15) is 0 Å². The van der Waals surface area contributed by atoms with Gasteiger partial charge in [-0.05, 0) is 17.8 Å². The van der Waals surface area contributed by atoms with Gasteiger partial charge in [0.05, 0.1) is 0 Å². The van der Waals surface area contributed by atoms with Crippen molar-refractivity contribution in [3.05, 3.63) is 0 Å². The number of carbonyl (C=O) groups is 1. The van der Waals surface area contributed by atoms with Gasteiger partial charge in [0.2, 0.25) is 0 Å². The third-order valence-electron chi connectivity index (χ3n) is 1.66. The van der Waals surface area contributed by atoms with Gasteiger partial charge in [0, 0.05) is 0 Å². The first-order valence-corrected chi connectivity index (χ1v) is 4.61. The lowest BCUT2D eigenvalue weighted by atomic mass is 9.84. The van der Waals surface area contributed by atoms with E-state index >= 15 is 0 Å². The Labute approximate surface area is 80.8 Å². The molecule has 3 nitrogen and oxygen atoms in total. The van der Waals surface area contributed by atoms with Crippen LogP contribution in [0.25, 0.3) is 0 Å². The van der Waals surface area contributed by atoms with Crippen molar-refractivity contribution in [1.29, 1.82) is 0 Å². The van der Waals surface area contributed by atoms with E-state index in [1.165, 1.54) is 12.8 Å².